The van der Waals surface area contributed by atoms with Crippen LogP contribution in [0.25, 0.3) is 0 Å². The van der Waals surface area contributed by atoms with E-state index in [4.69, 9.17) is 20.8 Å². The minimum absolute atomic E-state index is 0.0112. The van der Waals surface area contributed by atoms with Crippen molar-refractivity contribution in [1.29, 1.82) is 0 Å². The molecule has 1 aromatic heterocycles. The number of ether oxygens (including phenoxy) is 1. The smallest absolute Gasteiger partial charge is 0.230 e. The summed E-state index contributed by atoms with van der Waals surface area (Å²) in [5.74, 6) is 2.67. The molecular formula is C15H16ClNO3S. The summed E-state index contributed by atoms with van der Waals surface area (Å²) in [6, 6.07) is 10.8. The molecule has 2 aromatic rings. The Morgan fingerprint density at radius 2 is 2.10 bits per heavy atom. The molecule has 0 radical (unpaired) electrons. The number of carbonyl (C=O) groups excluding carboxylic acids is 1. The minimum Gasteiger partial charge on any atom is -0.493 e. The molecule has 1 heterocycles. The maximum Gasteiger partial charge on any atom is 0.230 e. The van der Waals surface area contributed by atoms with Gasteiger partial charge in [-0.3, -0.25) is 4.79 Å². The summed E-state index contributed by atoms with van der Waals surface area (Å²) in [5, 5.41) is 3.48. The van der Waals surface area contributed by atoms with Crippen LogP contribution in [0.3, 0.4) is 0 Å². The van der Waals surface area contributed by atoms with Gasteiger partial charge in [0, 0.05) is 10.8 Å². The third-order valence-corrected chi connectivity index (χ3v) is 3.76. The zero-order valence-corrected chi connectivity index (χ0v) is 13.0. The molecule has 4 nitrogen and oxygen atoms in total. The molecule has 0 unspecified atom stereocenters. The molecule has 0 saturated heterocycles. The molecule has 0 bridgehead atoms. The number of furan rings is 1. The molecule has 0 saturated carbocycles. The summed E-state index contributed by atoms with van der Waals surface area (Å²) in [5.41, 5.74) is 0. The van der Waals surface area contributed by atoms with Crippen LogP contribution in [0, 0.1) is 0 Å². The zero-order valence-electron chi connectivity index (χ0n) is 11.4. The lowest BCUT2D eigenvalue weighted by Gasteiger charge is -2.06. The Morgan fingerprint density at radius 3 is 2.81 bits per heavy atom. The fourth-order valence-corrected chi connectivity index (χ4v) is 2.32. The Labute approximate surface area is 132 Å². The fourth-order valence-electron chi connectivity index (χ4n) is 1.56. The maximum absolute atomic E-state index is 11.6. The molecule has 2 rings (SSSR count). The number of thioether (sulfide) groups is 1. The van der Waals surface area contributed by atoms with Gasteiger partial charge in [0.05, 0.1) is 25.2 Å². The second-order valence-electron chi connectivity index (χ2n) is 4.21. The van der Waals surface area contributed by atoms with Crippen LogP contribution in [0.1, 0.15) is 5.76 Å². The van der Waals surface area contributed by atoms with E-state index in [-0.39, 0.29) is 5.91 Å². The average Bonchev–Trinajstić information content (AvgIpc) is 3.00. The van der Waals surface area contributed by atoms with Gasteiger partial charge in [0.2, 0.25) is 5.91 Å². The first kappa shape index (κ1) is 15.8. The highest BCUT2D eigenvalue weighted by Crippen LogP contribution is 2.15. The Morgan fingerprint density at radius 1 is 1.29 bits per heavy atom. The molecule has 1 amide bonds. The first-order valence-electron chi connectivity index (χ1n) is 6.49. The van der Waals surface area contributed by atoms with Crippen molar-refractivity contribution in [3.8, 4) is 5.75 Å². The normalized spacial score (nSPS) is 10.3. The Balaban J connectivity index is 1.53. The standard InChI is InChI=1S/C15H16ClNO3S/c16-12-3-5-13(6-4-12)20-8-9-21-11-15(18)17-10-14-2-1-7-19-14/h1-7H,8-11H2,(H,17,18). The van der Waals surface area contributed by atoms with Gasteiger partial charge in [-0.2, -0.15) is 0 Å². The molecule has 112 valence electrons. The Bertz CT molecular complexity index is 543. The Hall–Kier alpha value is -1.59. The number of amides is 1. The largest absolute Gasteiger partial charge is 0.493 e. The van der Waals surface area contributed by atoms with Gasteiger partial charge in [0.15, 0.2) is 0 Å². The van der Waals surface area contributed by atoms with Gasteiger partial charge in [-0.05, 0) is 36.4 Å². The van der Waals surface area contributed by atoms with E-state index in [1.807, 2.05) is 18.2 Å². The topological polar surface area (TPSA) is 51.5 Å². The molecule has 0 atom stereocenters. The molecule has 0 aliphatic carbocycles. The van der Waals surface area contributed by atoms with E-state index in [1.54, 1.807) is 24.5 Å². The summed E-state index contributed by atoms with van der Waals surface area (Å²) >= 11 is 7.31. The molecule has 21 heavy (non-hydrogen) atoms. The molecule has 1 aromatic carbocycles. The summed E-state index contributed by atoms with van der Waals surface area (Å²) < 4.78 is 10.7. The number of carbonyl (C=O) groups is 1. The second-order valence-corrected chi connectivity index (χ2v) is 5.75. The highest BCUT2D eigenvalue weighted by molar-refractivity contribution is 7.99. The first-order chi connectivity index (χ1) is 10.2. The van der Waals surface area contributed by atoms with Gasteiger partial charge in [-0.25, -0.2) is 0 Å². The van der Waals surface area contributed by atoms with Crippen LogP contribution in [0.4, 0.5) is 0 Å². The maximum atomic E-state index is 11.6. The molecule has 1 N–H and O–H groups in total. The van der Waals surface area contributed by atoms with Gasteiger partial charge in [0.25, 0.3) is 0 Å². The highest BCUT2D eigenvalue weighted by atomic mass is 35.5. The van der Waals surface area contributed by atoms with E-state index in [2.05, 4.69) is 5.32 Å². The lowest BCUT2D eigenvalue weighted by Crippen LogP contribution is -2.24. The van der Waals surface area contributed by atoms with Crippen LogP contribution in [0.15, 0.2) is 47.1 Å². The van der Waals surface area contributed by atoms with Crippen molar-refractivity contribution < 1.29 is 13.9 Å². The van der Waals surface area contributed by atoms with Crippen molar-refractivity contribution in [1.82, 2.24) is 5.32 Å². The zero-order chi connectivity index (χ0) is 14.9. The number of benzene rings is 1. The van der Waals surface area contributed by atoms with Gasteiger partial charge in [0.1, 0.15) is 11.5 Å². The van der Waals surface area contributed by atoms with Crippen molar-refractivity contribution >= 4 is 29.3 Å². The van der Waals surface area contributed by atoms with Gasteiger partial charge < -0.3 is 14.5 Å². The number of halogens is 1. The van der Waals surface area contributed by atoms with Crippen LogP contribution in [-0.2, 0) is 11.3 Å². The molecule has 0 fully saturated rings. The van der Waals surface area contributed by atoms with E-state index in [1.165, 1.54) is 11.8 Å². The summed E-state index contributed by atoms with van der Waals surface area (Å²) in [6.07, 6.45) is 1.59. The minimum atomic E-state index is -0.0112. The van der Waals surface area contributed by atoms with E-state index in [0.29, 0.717) is 23.9 Å². The summed E-state index contributed by atoms with van der Waals surface area (Å²) in [4.78, 5) is 11.6. The first-order valence-corrected chi connectivity index (χ1v) is 8.02. The number of nitrogens with one attached hydrogen (secondary N) is 1. The lowest BCUT2D eigenvalue weighted by atomic mass is 10.3. The average molecular weight is 326 g/mol. The number of rotatable bonds is 8. The van der Waals surface area contributed by atoms with Gasteiger partial charge in [-0.1, -0.05) is 11.6 Å². The number of hydrogen-bond donors (Lipinski definition) is 1. The quantitative estimate of drug-likeness (QED) is 0.756. The van der Waals surface area contributed by atoms with Crippen molar-refractivity contribution in [2.24, 2.45) is 0 Å². The van der Waals surface area contributed by atoms with Gasteiger partial charge in [-0.15, -0.1) is 11.8 Å². The molecule has 0 spiro atoms. The molecular weight excluding hydrogens is 310 g/mol. The fraction of sp³-hybridized carbons (Fsp3) is 0.267. The van der Waals surface area contributed by atoms with Crippen molar-refractivity contribution in [2.75, 3.05) is 18.1 Å². The van der Waals surface area contributed by atoms with Crippen LogP contribution in [-0.4, -0.2) is 24.0 Å². The van der Waals surface area contributed by atoms with Crippen molar-refractivity contribution in [3.05, 3.63) is 53.4 Å². The van der Waals surface area contributed by atoms with E-state index in [0.717, 1.165) is 17.3 Å². The molecule has 0 aliphatic rings. The lowest BCUT2D eigenvalue weighted by molar-refractivity contribution is -0.118. The third-order valence-electron chi connectivity index (χ3n) is 2.58. The van der Waals surface area contributed by atoms with Crippen LogP contribution in [0.2, 0.25) is 5.02 Å². The number of hydrogen-bond acceptors (Lipinski definition) is 4. The molecule has 0 aliphatic heterocycles. The predicted molar refractivity (Wildman–Crippen MR) is 84.8 cm³/mol. The SMILES string of the molecule is O=C(CSCCOc1ccc(Cl)cc1)NCc1ccco1. The highest BCUT2D eigenvalue weighted by Gasteiger charge is 2.03. The summed E-state index contributed by atoms with van der Waals surface area (Å²) in [6.45, 7) is 0.978. The van der Waals surface area contributed by atoms with E-state index >= 15 is 0 Å². The van der Waals surface area contributed by atoms with E-state index in [9.17, 15) is 4.79 Å². The van der Waals surface area contributed by atoms with Crippen LogP contribution in [0.5, 0.6) is 5.75 Å². The van der Waals surface area contributed by atoms with Crippen molar-refractivity contribution in [3.63, 3.8) is 0 Å². The monoisotopic (exact) mass is 325 g/mol. The van der Waals surface area contributed by atoms with E-state index < -0.39 is 0 Å². The second kappa shape index (κ2) is 8.64. The van der Waals surface area contributed by atoms with Crippen molar-refractivity contribution in [2.45, 2.75) is 6.54 Å². The van der Waals surface area contributed by atoms with Gasteiger partial charge >= 0.3 is 0 Å². The third kappa shape index (κ3) is 6.14. The predicted octanol–water partition coefficient (Wildman–Crippen LogP) is 3.36. The summed E-state index contributed by atoms with van der Waals surface area (Å²) in [7, 11) is 0. The molecule has 6 heteroatoms. The van der Waals surface area contributed by atoms with Crippen LogP contribution >= 0.6 is 23.4 Å². The Kier molecular flexibility index (Phi) is 6.50. The van der Waals surface area contributed by atoms with Crippen LogP contribution < -0.4 is 10.1 Å².